The zero-order valence-electron chi connectivity index (χ0n) is 59.6. The Bertz CT molecular complexity index is 2960. The standard InChI is InChI=1S/C70H110O32/c1-11-12-23-89-57(87)53-44(80)45(81)54(99-61-49(85)43(79)41(77)35(25-71)94-61)62(98-53)96-39-16-17-66(7)37(67(39,8)28-73)15-18-69(10)38(66)14-13-32-33-24-65(5,6)19-21-70(33,22-20-68(32,69)9)64(88)102-63-56(55(52(30(3)92-63)93-31(4)74)100-60-48(84)42(78)36(26-72)95-60)101-59-50(86)46(82)51(29(2)91-59)97-58-47(83)40(76)34(75)27-90-58/h13,28-30,33-56,58-63,71-72,75-86H,11-12,14-27H2,1-10H3/t29-,30+,33+,34+,35+,36-,37+,38+,39-,40-,41-,42-,43-,44-,45-,46-,47+,48+,49+,50+,51-,52-,53-,54+,55-,56+,58-,59-,60-,61-,62+,63-,66-,67-,68+,69+,70-/m0/s1. The van der Waals surface area contributed by atoms with Crippen LogP contribution in [0.3, 0.4) is 0 Å². The maximum atomic E-state index is 16.1. The van der Waals surface area contributed by atoms with Crippen LogP contribution in [0.25, 0.3) is 0 Å². The monoisotopic (exact) mass is 1460 g/mol. The third-order valence-electron chi connectivity index (χ3n) is 25.8. The highest BCUT2D eigenvalue weighted by Crippen LogP contribution is 2.76. The van der Waals surface area contributed by atoms with Crippen LogP contribution in [0.2, 0.25) is 0 Å². The van der Waals surface area contributed by atoms with Crippen molar-refractivity contribution in [2.24, 2.45) is 50.2 Å². The maximum Gasteiger partial charge on any atom is 0.338 e. The lowest BCUT2D eigenvalue weighted by atomic mass is 9.33. The highest BCUT2D eigenvalue weighted by atomic mass is 16.8. The number of carbonyl (C=O) groups is 4. The molecule has 11 aliphatic rings. The van der Waals surface area contributed by atoms with E-state index in [9.17, 15) is 85.9 Å². The molecule has 37 atom stereocenters. The zero-order valence-corrected chi connectivity index (χ0v) is 59.6. The Morgan fingerprint density at radius 2 is 1.13 bits per heavy atom. The van der Waals surface area contributed by atoms with Gasteiger partial charge < -0.3 is 143 Å². The lowest BCUT2D eigenvalue weighted by molar-refractivity contribution is -0.382. The highest BCUT2D eigenvalue weighted by Gasteiger charge is 2.71. The Labute approximate surface area is 592 Å². The van der Waals surface area contributed by atoms with E-state index in [4.69, 9.17) is 66.3 Å². The minimum atomic E-state index is -2.02. The first-order chi connectivity index (χ1) is 48.0. The largest absolute Gasteiger partial charge is 0.464 e. The van der Waals surface area contributed by atoms with Crippen molar-refractivity contribution in [3.63, 3.8) is 0 Å². The predicted molar refractivity (Wildman–Crippen MR) is 342 cm³/mol. The van der Waals surface area contributed by atoms with Crippen molar-refractivity contribution in [1.29, 1.82) is 0 Å². The van der Waals surface area contributed by atoms with Crippen LogP contribution in [0, 0.1) is 50.2 Å². The van der Waals surface area contributed by atoms with Gasteiger partial charge in [0.25, 0.3) is 0 Å². The SMILES string of the molecule is CCCCOC(=O)[C@H]1O[C@@H](O[C@H]2CC[C@]3(C)[C@H]4CC=C5[C@H]6CC(C)(C)CC[C@]6(C(=O)O[C@@H]6O[C@H](C)[C@H](OC(C)=O)[C@H](O[C@@H]7O[C@@H](CO)[C@H](O)[C@H]7O)[C@H]6O[C@@H]6O[C@@H](C)[C@H](O[C@@H]7OC[C@@H](O)[C@H](O)[C@H]7O)[C@@H](O)[C@H]6O)CC[C@@]5(C)[C@]4(C)CC[C@H]3[C@]2(C)C=O)[C@H](O[C@@H]2O[C@H](CO)[C@H](O)[C@H](O)[C@H]2O)[C@@H](O)[C@@H]1O. The Morgan fingerprint density at radius 3 is 1.77 bits per heavy atom. The number of hydrogen-bond acceptors (Lipinski definition) is 32. The molecule has 0 amide bonds. The molecular formula is C70H110O32. The second kappa shape index (κ2) is 30.7. The van der Waals surface area contributed by atoms with E-state index in [0.29, 0.717) is 70.6 Å². The van der Waals surface area contributed by atoms with Gasteiger partial charge in [0.2, 0.25) is 6.29 Å². The van der Waals surface area contributed by atoms with Gasteiger partial charge in [0, 0.05) is 6.92 Å². The van der Waals surface area contributed by atoms with Crippen molar-refractivity contribution >= 4 is 24.2 Å². The van der Waals surface area contributed by atoms with Gasteiger partial charge in [-0.15, -0.1) is 0 Å². The molecule has 102 heavy (non-hydrogen) atoms. The van der Waals surface area contributed by atoms with Crippen molar-refractivity contribution in [2.45, 2.75) is 324 Å². The summed E-state index contributed by atoms with van der Waals surface area (Å²) < 4.78 is 85.5. The average Bonchev–Trinajstić information content (AvgIpc) is 0.776. The minimum absolute atomic E-state index is 0.0222. The molecule has 0 radical (unpaired) electrons. The van der Waals surface area contributed by atoms with Gasteiger partial charge in [0.05, 0.1) is 55.6 Å². The smallest absolute Gasteiger partial charge is 0.338 e. The predicted octanol–water partition coefficient (Wildman–Crippen LogP) is -1.95. The third kappa shape index (κ3) is 14.1. The number of fused-ring (bicyclic) bond motifs is 7. The molecule has 582 valence electrons. The van der Waals surface area contributed by atoms with Crippen LogP contribution in [0.1, 0.15) is 146 Å². The maximum absolute atomic E-state index is 16.1. The van der Waals surface area contributed by atoms with E-state index in [-0.39, 0.29) is 30.3 Å². The van der Waals surface area contributed by atoms with Crippen LogP contribution < -0.4 is 0 Å². The van der Waals surface area contributed by atoms with Gasteiger partial charge in [-0.1, -0.05) is 66.5 Å². The molecule has 0 spiro atoms. The van der Waals surface area contributed by atoms with Gasteiger partial charge in [0.1, 0.15) is 110 Å². The number of ether oxygens (including phenoxy) is 14. The fourth-order valence-corrected chi connectivity index (χ4v) is 19.5. The Balaban J connectivity index is 0.879. The Morgan fingerprint density at radius 1 is 0.559 bits per heavy atom. The first-order valence-corrected chi connectivity index (χ1v) is 36.3. The molecule has 6 aliphatic heterocycles. The van der Waals surface area contributed by atoms with Crippen LogP contribution in [0.4, 0.5) is 0 Å². The molecule has 5 aliphatic carbocycles. The van der Waals surface area contributed by atoms with Crippen molar-refractivity contribution < 1.29 is 157 Å². The van der Waals surface area contributed by atoms with Gasteiger partial charge in [-0.3, -0.25) is 9.59 Å². The molecule has 11 rings (SSSR count). The van der Waals surface area contributed by atoms with Gasteiger partial charge in [-0.05, 0) is 124 Å². The first kappa shape index (κ1) is 79.9. The molecule has 0 bridgehead atoms. The van der Waals surface area contributed by atoms with E-state index in [1.165, 1.54) is 13.8 Å². The molecule has 10 fully saturated rings. The van der Waals surface area contributed by atoms with Crippen LogP contribution in [0.15, 0.2) is 11.6 Å². The normalized spacial score (nSPS) is 51.5. The lowest BCUT2D eigenvalue weighted by Crippen LogP contribution is -2.68. The van der Waals surface area contributed by atoms with E-state index in [2.05, 4.69) is 40.7 Å². The van der Waals surface area contributed by atoms with E-state index in [1.807, 2.05) is 13.8 Å². The molecule has 32 heteroatoms. The number of aldehydes is 1. The second-order valence-electron chi connectivity index (χ2n) is 32.4. The van der Waals surface area contributed by atoms with Gasteiger partial charge in [-0.2, -0.15) is 0 Å². The van der Waals surface area contributed by atoms with Gasteiger partial charge in [-0.25, -0.2) is 4.79 Å². The number of unbranched alkanes of at least 4 members (excludes halogenated alkanes) is 1. The molecule has 32 nitrogen and oxygen atoms in total. The Hall–Kier alpha value is -3.18. The molecular weight excluding hydrogens is 1350 g/mol. The second-order valence-corrected chi connectivity index (χ2v) is 32.4. The average molecular weight is 1460 g/mol. The van der Waals surface area contributed by atoms with Crippen LogP contribution in [0.5, 0.6) is 0 Å². The first-order valence-electron chi connectivity index (χ1n) is 36.3. The summed E-state index contributed by atoms with van der Waals surface area (Å²) in [6.07, 6.45) is -39.5. The molecule has 0 aromatic heterocycles. The molecule has 0 aromatic rings. The third-order valence-corrected chi connectivity index (χ3v) is 25.8. The van der Waals surface area contributed by atoms with Crippen molar-refractivity contribution in [1.82, 2.24) is 0 Å². The number of allylic oxidation sites excluding steroid dienone is 2. The molecule has 0 aromatic carbocycles. The van der Waals surface area contributed by atoms with Crippen molar-refractivity contribution in [2.75, 3.05) is 26.4 Å². The summed E-state index contributed by atoms with van der Waals surface area (Å²) >= 11 is 0. The van der Waals surface area contributed by atoms with E-state index >= 15 is 4.79 Å². The number of aliphatic hydroxyl groups excluding tert-OH is 14. The Kier molecular flexibility index (Phi) is 24.0. The van der Waals surface area contributed by atoms with Gasteiger partial charge >= 0.3 is 17.9 Å². The number of carbonyl (C=O) groups excluding carboxylic acids is 4. The lowest BCUT2D eigenvalue weighted by Gasteiger charge is -2.71. The topological polar surface area (TPSA) is 481 Å². The van der Waals surface area contributed by atoms with E-state index < -0.39 is 249 Å². The summed E-state index contributed by atoms with van der Waals surface area (Å²) in [7, 11) is 0. The summed E-state index contributed by atoms with van der Waals surface area (Å²) in [5, 5.41) is 153. The molecule has 6 saturated heterocycles. The summed E-state index contributed by atoms with van der Waals surface area (Å²) in [5.74, 6) is -3.36. The number of aliphatic hydroxyl groups is 14. The number of rotatable bonds is 20. The number of esters is 3. The van der Waals surface area contributed by atoms with Crippen molar-refractivity contribution in [3.8, 4) is 0 Å². The summed E-state index contributed by atoms with van der Waals surface area (Å²) in [4.78, 5) is 56.9. The van der Waals surface area contributed by atoms with E-state index in [0.717, 1.165) is 18.8 Å². The molecule has 14 N–H and O–H groups in total. The van der Waals surface area contributed by atoms with Crippen molar-refractivity contribution in [3.05, 3.63) is 11.6 Å². The van der Waals surface area contributed by atoms with Crippen LogP contribution in [-0.2, 0) is 85.5 Å². The summed E-state index contributed by atoms with van der Waals surface area (Å²) in [6, 6.07) is 0. The molecule has 4 saturated carbocycles. The highest BCUT2D eigenvalue weighted by molar-refractivity contribution is 5.79. The van der Waals surface area contributed by atoms with Gasteiger partial charge in [0.15, 0.2) is 49.8 Å². The van der Waals surface area contributed by atoms with Crippen LogP contribution in [-0.4, -0.2) is 300 Å². The fraction of sp³-hybridized carbons (Fsp3) is 0.914. The molecule has 6 heterocycles. The fourth-order valence-electron chi connectivity index (χ4n) is 19.5. The van der Waals surface area contributed by atoms with E-state index in [1.54, 1.807) is 0 Å². The summed E-state index contributed by atoms with van der Waals surface area (Å²) in [6.45, 7) is 16.8. The number of hydrogen-bond donors (Lipinski definition) is 14. The minimum Gasteiger partial charge on any atom is -0.464 e. The molecule has 0 unspecified atom stereocenters. The van der Waals surface area contributed by atoms with Crippen LogP contribution >= 0.6 is 0 Å². The quantitative estimate of drug-likeness (QED) is 0.0157. The zero-order chi connectivity index (χ0) is 74.4. The summed E-state index contributed by atoms with van der Waals surface area (Å²) in [5.41, 5.74) is -3.31.